The smallest absolute Gasteiger partial charge is 0.352 e. The number of amides is 2. The molecule has 5 rings (SSSR count). The van der Waals surface area contributed by atoms with Crippen LogP contribution in [0.25, 0.3) is 0 Å². The van der Waals surface area contributed by atoms with Crippen molar-refractivity contribution in [1.29, 1.82) is 0 Å². The first-order valence-corrected chi connectivity index (χ1v) is 14.1. The van der Waals surface area contributed by atoms with Crippen molar-refractivity contribution in [1.82, 2.24) is 15.2 Å². The molecule has 2 amide bonds. The number of nitrogens with two attached hydrogens (primary N) is 1. The van der Waals surface area contributed by atoms with Crippen molar-refractivity contribution in [2.24, 2.45) is 5.16 Å². The number of nitrogens with zero attached hydrogens (tertiary/aromatic N) is 4. The van der Waals surface area contributed by atoms with E-state index in [1.165, 1.54) is 40.8 Å². The van der Waals surface area contributed by atoms with E-state index in [0.717, 1.165) is 35.6 Å². The topological polar surface area (TPSA) is 151 Å². The number of carboxylic acids is 1. The lowest BCUT2D eigenvalue weighted by atomic mass is 10.0. The van der Waals surface area contributed by atoms with Gasteiger partial charge in [-0.05, 0) is 19.3 Å². The Balaban J connectivity index is 1.37. The number of hydrogen-bond donors (Lipinski definition) is 3. The average molecular weight is 550 g/mol. The van der Waals surface area contributed by atoms with Crippen molar-refractivity contribution in [2.45, 2.75) is 50.6 Å². The molecule has 3 aliphatic rings. The molecule has 0 radical (unpaired) electrons. The third-order valence-electron chi connectivity index (χ3n) is 6.41. The Kier molecular flexibility index (Phi) is 6.74. The summed E-state index contributed by atoms with van der Waals surface area (Å²) < 4.78 is 2.20. The first-order chi connectivity index (χ1) is 17.3. The maximum absolute atomic E-state index is 13.1. The molecule has 0 spiro atoms. The number of fused-ring (bicyclic) bond motifs is 2. The Hall–Kier alpha value is -2.97. The van der Waals surface area contributed by atoms with E-state index in [4.69, 9.17) is 10.6 Å². The summed E-state index contributed by atoms with van der Waals surface area (Å²) in [5.41, 5.74) is 7.77. The maximum Gasteiger partial charge on any atom is 0.352 e. The summed E-state index contributed by atoms with van der Waals surface area (Å²) in [6.45, 7) is 2.49. The van der Waals surface area contributed by atoms with Gasteiger partial charge >= 0.3 is 5.97 Å². The van der Waals surface area contributed by atoms with Crippen molar-refractivity contribution in [3.05, 3.63) is 37.9 Å². The largest absolute Gasteiger partial charge is 0.477 e. The fourth-order valence-electron chi connectivity index (χ4n) is 4.78. The number of carboxylic acid groups (broad SMARTS) is 1. The molecule has 2 aromatic heterocycles. The predicted octanol–water partition coefficient (Wildman–Crippen LogP) is 1.05. The van der Waals surface area contributed by atoms with Crippen molar-refractivity contribution in [3.8, 4) is 0 Å². The van der Waals surface area contributed by atoms with Crippen LogP contribution in [0, 0.1) is 6.92 Å². The summed E-state index contributed by atoms with van der Waals surface area (Å²) in [5.74, 6) is -1.82. The molecule has 2 aromatic rings. The molecule has 190 valence electrons. The second-order valence-electron chi connectivity index (χ2n) is 8.60. The molecule has 2 aliphatic heterocycles. The minimum Gasteiger partial charge on any atom is -0.477 e. The Morgan fingerprint density at radius 2 is 2.17 bits per heavy atom. The van der Waals surface area contributed by atoms with Crippen LogP contribution in [0.1, 0.15) is 34.1 Å². The van der Waals surface area contributed by atoms with Gasteiger partial charge in [0.05, 0.1) is 4.88 Å². The van der Waals surface area contributed by atoms with Crippen LogP contribution in [0.4, 0.5) is 5.13 Å². The van der Waals surface area contributed by atoms with Gasteiger partial charge in [-0.2, -0.15) is 4.57 Å². The molecule has 36 heavy (non-hydrogen) atoms. The number of carbonyl (C=O) groups excluding carboxylic acids is 2. The van der Waals surface area contributed by atoms with E-state index in [9.17, 15) is 19.5 Å². The quantitative estimate of drug-likeness (QED) is 0.201. The van der Waals surface area contributed by atoms with Crippen LogP contribution in [0.2, 0.25) is 0 Å². The van der Waals surface area contributed by atoms with Crippen LogP contribution in [0.5, 0.6) is 0 Å². The molecule has 11 nitrogen and oxygen atoms in total. The zero-order valence-corrected chi connectivity index (χ0v) is 22.1. The second kappa shape index (κ2) is 9.82. The van der Waals surface area contributed by atoms with Crippen LogP contribution >= 0.6 is 34.4 Å². The lowest BCUT2D eigenvalue weighted by Crippen LogP contribution is -2.71. The summed E-state index contributed by atoms with van der Waals surface area (Å²) >= 11 is 4.36. The van der Waals surface area contributed by atoms with Crippen molar-refractivity contribution in [2.75, 3.05) is 18.6 Å². The van der Waals surface area contributed by atoms with Crippen molar-refractivity contribution in [3.63, 3.8) is 0 Å². The predicted molar refractivity (Wildman–Crippen MR) is 136 cm³/mol. The fourth-order valence-corrected chi connectivity index (χ4v) is 7.89. The summed E-state index contributed by atoms with van der Waals surface area (Å²) in [7, 11) is 1.30. The Bertz CT molecular complexity index is 1320. The number of nitrogens with one attached hydrogen (secondary N) is 1. The molecule has 0 unspecified atom stereocenters. The van der Waals surface area contributed by atoms with Crippen LogP contribution in [0.15, 0.2) is 21.8 Å². The van der Waals surface area contributed by atoms with Gasteiger partial charge in [-0.1, -0.05) is 16.5 Å². The SMILES string of the molecule is CON=C(C(=O)N[C@@H]1C(=O)N2C(C(=O)O)=C(C[n+]3c(C)sc4c3CCCC4)CS[C@@H]12)c1csc(N)n1. The molecule has 1 aliphatic carbocycles. The number of hydrogen-bond acceptors (Lipinski definition) is 10. The molecule has 4 N–H and O–H groups in total. The second-order valence-corrected chi connectivity index (χ2v) is 11.9. The standard InChI is InChI=1S/C22H24N6O5S3/c1-10-27(13-5-3-4-6-14(13)36-10)7-11-8-34-20-16(19(30)28(20)17(11)21(31)32)25-18(29)15(26-33-2)12-9-35-22(23)24-12/h9,16,20H,3-8H2,1-2H3,(H3-,23,24,25,29,31,32)/p+1/t16-,20+/m1/s1. The minimum absolute atomic E-state index is 0.00923. The molecule has 1 fully saturated rings. The highest BCUT2D eigenvalue weighted by molar-refractivity contribution is 8.00. The number of carbonyl (C=O) groups is 3. The molecule has 0 aromatic carbocycles. The number of aromatic nitrogens is 2. The lowest BCUT2D eigenvalue weighted by Gasteiger charge is -2.49. The molecule has 1 saturated heterocycles. The van der Waals surface area contributed by atoms with Crippen molar-refractivity contribution < 1.29 is 28.9 Å². The van der Waals surface area contributed by atoms with Crippen LogP contribution in [-0.2, 0) is 38.6 Å². The number of thioether (sulfide) groups is 1. The summed E-state index contributed by atoms with van der Waals surface area (Å²) in [4.78, 5) is 49.8. The minimum atomic E-state index is -1.14. The first-order valence-electron chi connectivity index (χ1n) is 11.3. The first kappa shape index (κ1) is 24.7. The van der Waals surface area contributed by atoms with Crippen molar-refractivity contribution >= 4 is 63.1 Å². The highest BCUT2D eigenvalue weighted by atomic mass is 32.2. The van der Waals surface area contributed by atoms with Gasteiger partial charge in [0.25, 0.3) is 11.8 Å². The average Bonchev–Trinajstić information content (AvgIpc) is 3.42. The molecular formula is C22H25N6O5S3+. The van der Waals surface area contributed by atoms with Gasteiger partial charge < -0.3 is 21.0 Å². The van der Waals surface area contributed by atoms with Gasteiger partial charge in [-0.15, -0.1) is 23.1 Å². The van der Waals surface area contributed by atoms with E-state index in [-0.39, 0.29) is 22.2 Å². The van der Waals surface area contributed by atoms with Gasteiger partial charge in [-0.3, -0.25) is 14.5 Å². The maximum atomic E-state index is 13.1. The third-order valence-corrected chi connectivity index (χ3v) is 9.63. The van der Waals surface area contributed by atoms with E-state index in [1.807, 2.05) is 0 Å². The normalized spacial score (nSPS) is 21.6. The molecular weight excluding hydrogens is 524 g/mol. The Morgan fingerprint density at radius 3 is 2.86 bits per heavy atom. The number of thiazole rings is 2. The highest BCUT2D eigenvalue weighted by Crippen LogP contribution is 2.40. The number of anilines is 1. The third kappa shape index (κ3) is 4.26. The molecule has 4 heterocycles. The summed E-state index contributed by atoms with van der Waals surface area (Å²) in [6, 6.07) is -0.889. The van der Waals surface area contributed by atoms with Crippen LogP contribution < -0.4 is 15.6 Å². The number of β-lactam (4-membered cyclic amide) rings is 1. The van der Waals surface area contributed by atoms with E-state index < -0.39 is 29.2 Å². The van der Waals surface area contributed by atoms with E-state index in [1.54, 1.807) is 16.7 Å². The van der Waals surface area contributed by atoms with E-state index in [0.29, 0.717) is 17.9 Å². The summed E-state index contributed by atoms with van der Waals surface area (Å²) in [5, 5.41) is 18.9. The molecule has 0 saturated carbocycles. The lowest BCUT2D eigenvalue weighted by molar-refractivity contribution is -0.697. The molecule has 14 heteroatoms. The van der Waals surface area contributed by atoms with E-state index in [2.05, 4.69) is 26.9 Å². The van der Waals surface area contributed by atoms with Crippen LogP contribution in [0.3, 0.4) is 0 Å². The van der Waals surface area contributed by atoms with Gasteiger partial charge in [-0.25, -0.2) is 9.78 Å². The highest BCUT2D eigenvalue weighted by Gasteiger charge is 2.55. The Morgan fingerprint density at radius 1 is 1.39 bits per heavy atom. The monoisotopic (exact) mass is 549 g/mol. The zero-order valence-electron chi connectivity index (χ0n) is 19.6. The fraction of sp³-hybridized carbons (Fsp3) is 0.455. The Labute approximate surface area is 219 Å². The number of rotatable bonds is 7. The van der Waals surface area contributed by atoms with Gasteiger partial charge in [0.15, 0.2) is 23.1 Å². The summed E-state index contributed by atoms with van der Waals surface area (Å²) in [6.07, 6.45) is 4.34. The molecule has 0 bridgehead atoms. The molecule has 2 atom stereocenters. The zero-order chi connectivity index (χ0) is 25.6. The van der Waals surface area contributed by atoms with Crippen LogP contribution in [-0.4, -0.2) is 62.8 Å². The van der Waals surface area contributed by atoms with Gasteiger partial charge in [0.2, 0.25) is 5.01 Å². The number of aryl methyl sites for hydroxylation is 2. The number of oxime groups is 1. The van der Waals surface area contributed by atoms with Gasteiger partial charge in [0, 0.05) is 30.1 Å². The van der Waals surface area contributed by atoms with E-state index >= 15 is 0 Å². The number of nitrogen functional groups attached to an aromatic ring is 1. The number of aliphatic carboxylic acids is 1. The van der Waals surface area contributed by atoms with Gasteiger partial charge in [0.1, 0.15) is 29.9 Å².